The topological polar surface area (TPSA) is 59.6 Å². The van der Waals surface area contributed by atoms with Crippen LogP contribution in [-0.2, 0) is 0 Å². The molecule has 0 aliphatic rings. The van der Waals surface area contributed by atoms with Crippen LogP contribution in [0.5, 0.6) is 5.75 Å². The summed E-state index contributed by atoms with van der Waals surface area (Å²) in [6, 6.07) is 7.76. The summed E-state index contributed by atoms with van der Waals surface area (Å²) in [5.41, 5.74) is 6.72. The number of hydrogen-bond donors (Lipinski definition) is 2. The second-order valence-electron chi connectivity index (χ2n) is 5.11. The van der Waals surface area contributed by atoms with Gasteiger partial charge in [0.25, 0.3) is 0 Å². The fourth-order valence-electron chi connectivity index (χ4n) is 1.43. The number of nitrogens with one attached hydrogen (secondary N) is 1. The van der Waals surface area contributed by atoms with E-state index in [1.54, 1.807) is 0 Å². The fourth-order valence-corrected chi connectivity index (χ4v) is 1.43. The third-order valence-corrected chi connectivity index (χ3v) is 2.65. The minimum Gasteiger partial charge on any atom is -0.491 e. The third-order valence-electron chi connectivity index (χ3n) is 2.65. The first-order valence-corrected chi connectivity index (χ1v) is 6.85. The van der Waals surface area contributed by atoms with Gasteiger partial charge in [-0.3, -0.25) is 4.99 Å². The van der Waals surface area contributed by atoms with Crippen molar-refractivity contribution in [3.8, 4) is 5.75 Å². The van der Waals surface area contributed by atoms with Gasteiger partial charge in [-0.15, -0.1) is 0 Å². The second-order valence-corrected chi connectivity index (χ2v) is 5.11. The number of benzene rings is 1. The van der Waals surface area contributed by atoms with Crippen LogP contribution in [0.4, 0.5) is 5.69 Å². The van der Waals surface area contributed by atoms with Gasteiger partial charge in [0.2, 0.25) is 0 Å². The van der Waals surface area contributed by atoms with Crippen LogP contribution in [0.2, 0.25) is 0 Å². The minimum atomic E-state index is 0.210. The van der Waals surface area contributed by atoms with Gasteiger partial charge < -0.3 is 15.8 Å². The van der Waals surface area contributed by atoms with E-state index in [4.69, 9.17) is 10.5 Å². The molecular formula is C15H25N3O. The zero-order chi connectivity index (χ0) is 14.3. The first kappa shape index (κ1) is 15.3. The summed E-state index contributed by atoms with van der Waals surface area (Å²) in [5.74, 6) is 1.78. The molecular weight excluding hydrogens is 238 g/mol. The quantitative estimate of drug-likeness (QED) is 0.612. The van der Waals surface area contributed by atoms with Crippen LogP contribution in [0.1, 0.15) is 34.1 Å². The Morgan fingerprint density at radius 2 is 2.11 bits per heavy atom. The van der Waals surface area contributed by atoms with Crippen molar-refractivity contribution in [1.82, 2.24) is 0 Å². The minimum absolute atomic E-state index is 0.210. The summed E-state index contributed by atoms with van der Waals surface area (Å²) in [6.07, 6.45) is 1.19. The van der Waals surface area contributed by atoms with Crippen LogP contribution >= 0.6 is 0 Å². The van der Waals surface area contributed by atoms with Gasteiger partial charge in [-0.1, -0.05) is 26.8 Å². The van der Waals surface area contributed by atoms with Gasteiger partial charge in [-0.05, 0) is 31.4 Å². The summed E-state index contributed by atoms with van der Waals surface area (Å²) >= 11 is 0. The summed E-state index contributed by atoms with van der Waals surface area (Å²) < 4.78 is 5.76. The molecule has 19 heavy (non-hydrogen) atoms. The molecule has 3 N–H and O–H groups in total. The van der Waals surface area contributed by atoms with Crippen molar-refractivity contribution < 1.29 is 4.74 Å². The van der Waals surface area contributed by atoms with Crippen molar-refractivity contribution in [1.29, 1.82) is 0 Å². The molecule has 0 saturated carbocycles. The number of nitrogens with two attached hydrogens (primary N) is 1. The monoisotopic (exact) mass is 263 g/mol. The summed E-state index contributed by atoms with van der Waals surface area (Å²) in [7, 11) is 0. The Kier molecular flexibility index (Phi) is 6.19. The van der Waals surface area contributed by atoms with Crippen LogP contribution in [0, 0.1) is 5.92 Å². The van der Waals surface area contributed by atoms with Crippen LogP contribution < -0.4 is 15.8 Å². The van der Waals surface area contributed by atoms with Crippen molar-refractivity contribution in [2.24, 2.45) is 16.6 Å². The number of rotatable bonds is 6. The molecule has 1 aromatic rings. The highest BCUT2D eigenvalue weighted by molar-refractivity contribution is 5.92. The average molecular weight is 263 g/mol. The molecule has 1 atom stereocenters. The molecule has 0 radical (unpaired) electrons. The van der Waals surface area contributed by atoms with Gasteiger partial charge in [0.15, 0.2) is 5.96 Å². The van der Waals surface area contributed by atoms with Gasteiger partial charge in [0, 0.05) is 18.3 Å². The molecule has 0 fully saturated rings. The maximum atomic E-state index is 5.83. The number of aliphatic imine (C=N–C) groups is 1. The molecule has 0 saturated heterocycles. The van der Waals surface area contributed by atoms with Crippen molar-refractivity contribution in [2.45, 2.75) is 40.2 Å². The molecule has 106 valence electrons. The van der Waals surface area contributed by atoms with Crippen molar-refractivity contribution in [3.05, 3.63) is 24.3 Å². The van der Waals surface area contributed by atoms with E-state index in [-0.39, 0.29) is 6.10 Å². The van der Waals surface area contributed by atoms with E-state index < -0.39 is 0 Å². The number of nitrogens with zero attached hydrogens (tertiary/aromatic N) is 1. The van der Waals surface area contributed by atoms with E-state index in [0.29, 0.717) is 11.9 Å². The second kappa shape index (κ2) is 7.67. The first-order valence-electron chi connectivity index (χ1n) is 6.85. The lowest BCUT2D eigenvalue weighted by Gasteiger charge is -2.14. The van der Waals surface area contributed by atoms with Gasteiger partial charge >= 0.3 is 0 Å². The summed E-state index contributed by atoms with van der Waals surface area (Å²) in [6.45, 7) is 9.10. The fraction of sp³-hybridized carbons (Fsp3) is 0.533. The standard InChI is InChI=1S/C15H25N3O/c1-5-12(4)19-14-8-6-7-13(9-14)18-15(16)17-10-11(2)3/h6-9,11-12H,5,10H2,1-4H3,(H3,16,17,18). The van der Waals surface area contributed by atoms with E-state index in [9.17, 15) is 0 Å². The Balaban J connectivity index is 2.64. The zero-order valence-electron chi connectivity index (χ0n) is 12.3. The molecule has 4 nitrogen and oxygen atoms in total. The van der Waals surface area contributed by atoms with E-state index in [1.807, 2.05) is 24.3 Å². The Morgan fingerprint density at radius 1 is 1.37 bits per heavy atom. The van der Waals surface area contributed by atoms with Crippen LogP contribution in [0.25, 0.3) is 0 Å². The maximum Gasteiger partial charge on any atom is 0.193 e. The smallest absolute Gasteiger partial charge is 0.193 e. The van der Waals surface area contributed by atoms with Crippen molar-refractivity contribution in [2.75, 3.05) is 11.9 Å². The Labute approximate surface area is 116 Å². The molecule has 0 heterocycles. The summed E-state index contributed by atoms with van der Waals surface area (Å²) in [4.78, 5) is 4.27. The number of anilines is 1. The Bertz CT molecular complexity index is 416. The maximum absolute atomic E-state index is 5.83. The molecule has 0 bridgehead atoms. The highest BCUT2D eigenvalue weighted by Gasteiger charge is 2.02. The van der Waals surface area contributed by atoms with Gasteiger partial charge in [-0.2, -0.15) is 0 Å². The van der Waals surface area contributed by atoms with Gasteiger partial charge in [0.05, 0.1) is 6.10 Å². The van der Waals surface area contributed by atoms with Crippen LogP contribution in [0.3, 0.4) is 0 Å². The molecule has 1 aromatic carbocycles. The lowest BCUT2D eigenvalue weighted by Crippen LogP contribution is -2.23. The predicted octanol–water partition coefficient (Wildman–Crippen LogP) is 3.25. The van der Waals surface area contributed by atoms with Crippen molar-refractivity contribution in [3.63, 3.8) is 0 Å². The molecule has 0 aliphatic carbocycles. The number of guanidine groups is 1. The number of hydrogen-bond acceptors (Lipinski definition) is 2. The van der Waals surface area contributed by atoms with E-state index >= 15 is 0 Å². The molecule has 0 aliphatic heterocycles. The SMILES string of the molecule is CCC(C)Oc1cccc(NC(N)=NCC(C)C)c1. The Hall–Kier alpha value is -1.71. The highest BCUT2D eigenvalue weighted by Crippen LogP contribution is 2.19. The van der Waals surface area contributed by atoms with Gasteiger partial charge in [0.1, 0.15) is 5.75 Å². The van der Waals surface area contributed by atoms with E-state index in [2.05, 4.69) is 38.0 Å². The average Bonchev–Trinajstić information content (AvgIpc) is 2.36. The molecule has 0 spiro atoms. The van der Waals surface area contributed by atoms with Gasteiger partial charge in [-0.25, -0.2) is 0 Å². The molecule has 1 unspecified atom stereocenters. The lowest BCUT2D eigenvalue weighted by molar-refractivity contribution is 0.217. The van der Waals surface area contributed by atoms with Crippen LogP contribution in [0.15, 0.2) is 29.3 Å². The normalized spacial score (nSPS) is 13.4. The molecule has 0 amide bonds. The van der Waals surface area contributed by atoms with E-state index in [0.717, 1.165) is 24.4 Å². The van der Waals surface area contributed by atoms with Crippen molar-refractivity contribution >= 4 is 11.6 Å². The first-order chi connectivity index (χ1) is 9.01. The largest absolute Gasteiger partial charge is 0.491 e. The highest BCUT2D eigenvalue weighted by atomic mass is 16.5. The third kappa shape index (κ3) is 6.13. The van der Waals surface area contributed by atoms with E-state index in [1.165, 1.54) is 0 Å². The number of ether oxygens (including phenoxy) is 1. The van der Waals surface area contributed by atoms with Crippen LogP contribution in [-0.4, -0.2) is 18.6 Å². The molecule has 0 aromatic heterocycles. The molecule has 1 rings (SSSR count). The Morgan fingerprint density at radius 3 is 2.74 bits per heavy atom. The summed E-state index contributed by atoms with van der Waals surface area (Å²) in [5, 5.41) is 3.08. The molecule has 4 heteroatoms. The zero-order valence-corrected chi connectivity index (χ0v) is 12.3. The lowest BCUT2D eigenvalue weighted by atomic mass is 10.2. The predicted molar refractivity (Wildman–Crippen MR) is 81.8 cm³/mol.